The third kappa shape index (κ3) is 5.38. The third-order valence-corrected chi connectivity index (χ3v) is 6.39. The number of hydrogen-bond donors (Lipinski definition) is 2. The highest BCUT2D eigenvalue weighted by atomic mass is 32.2. The molecule has 0 saturated carbocycles. The number of rotatable bonds is 6. The van der Waals surface area contributed by atoms with Crippen molar-refractivity contribution in [2.24, 2.45) is 20.5 Å². The Morgan fingerprint density at radius 3 is 1.79 bits per heavy atom. The summed E-state index contributed by atoms with van der Waals surface area (Å²) in [5.41, 5.74) is 1.52. The molecule has 0 spiro atoms. The molecule has 12 heteroatoms. The van der Waals surface area contributed by atoms with Gasteiger partial charge in [-0.25, -0.2) is 0 Å². The quantitative estimate of drug-likeness (QED) is 0.240. The summed E-state index contributed by atoms with van der Waals surface area (Å²) in [6.07, 6.45) is 0. The molecule has 0 atom stereocenters. The molecule has 4 rings (SSSR count). The summed E-state index contributed by atoms with van der Waals surface area (Å²) in [5.74, 6) is 0. The molecule has 0 saturated heterocycles. The molecule has 0 aliphatic carbocycles. The molecular formula is C22H16N4O6S2. The van der Waals surface area contributed by atoms with E-state index in [4.69, 9.17) is 4.55 Å². The highest BCUT2D eigenvalue weighted by Crippen LogP contribution is 2.38. The number of nitrogens with zero attached hydrogens (tertiary/aromatic N) is 4. The van der Waals surface area contributed by atoms with Crippen molar-refractivity contribution >= 4 is 53.8 Å². The number of azo groups is 2. The lowest BCUT2D eigenvalue weighted by atomic mass is 10.1. The first-order valence-electron chi connectivity index (χ1n) is 9.62. The van der Waals surface area contributed by atoms with E-state index in [0.717, 1.165) is 0 Å². The summed E-state index contributed by atoms with van der Waals surface area (Å²) in [4.78, 5) is -0.561. The van der Waals surface area contributed by atoms with Gasteiger partial charge in [0.25, 0.3) is 20.2 Å². The average molecular weight is 497 g/mol. The summed E-state index contributed by atoms with van der Waals surface area (Å²) in [7, 11) is -8.74. The van der Waals surface area contributed by atoms with Gasteiger partial charge < -0.3 is 0 Å². The van der Waals surface area contributed by atoms with Gasteiger partial charge >= 0.3 is 0 Å². The molecule has 0 aliphatic heterocycles. The van der Waals surface area contributed by atoms with Gasteiger partial charge in [0.1, 0.15) is 11.4 Å². The van der Waals surface area contributed by atoms with Crippen LogP contribution < -0.4 is 0 Å². The van der Waals surface area contributed by atoms with Gasteiger partial charge in [0, 0.05) is 5.39 Å². The Kier molecular flexibility index (Phi) is 6.30. The molecule has 4 aromatic carbocycles. The van der Waals surface area contributed by atoms with E-state index < -0.39 is 20.2 Å². The van der Waals surface area contributed by atoms with Crippen molar-refractivity contribution in [1.82, 2.24) is 0 Å². The van der Waals surface area contributed by atoms with Crippen LogP contribution in [0, 0.1) is 0 Å². The predicted octanol–water partition coefficient (Wildman–Crippen LogP) is 6.16. The van der Waals surface area contributed by atoms with E-state index in [9.17, 15) is 21.4 Å². The zero-order valence-electron chi connectivity index (χ0n) is 17.2. The van der Waals surface area contributed by atoms with Gasteiger partial charge in [0.05, 0.1) is 21.2 Å². The van der Waals surface area contributed by atoms with Crippen molar-refractivity contribution < 1.29 is 25.9 Å². The number of fused-ring (bicyclic) bond motifs is 1. The van der Waals surface area contributed by atoms with Gasteiger partial charge in [-0.1, -0.05) is 30.3 Å². The molecule has 0 aliphatic rings. The Balaban J connectivity index is 1.81. The van der Waals surface area contributed by atoms with E-state index in [1.165, 1.54) is 42.5 Å². The highest BCUT2D eigenvalue weighted by Gasteiger charge is 2.14. The van der Waals surface area contributed by atoms with Crippen LogP contribution in [0.15, 0.2) is 115 Å². The molecule has 0 bridgehead atoms. The van der Waals surface area contributed by atoms with Crippen LogP contribution in [0.4, 0.5) is 22.7 Å². The van der Waals surface area contributed by atoms with E-state index in [0.29, 0.717) is 27.8 Å². The Hall–Kier alpha value is -3.84. The van der Waals surface area contributed by atoms with Crippen LogP contribution in [0.2, 0.25) is 0 Å². The fourth-order valence-corrected chi connectivity index (χ4v) is 4.02. The molecule has 172 valence electrons. The molecule has 34 heavy (non-hydrogen) atoms. The normalized spacial score (nSPS) is 12.6. The lowest BCUT2D eigenvalue weighted by molar-refractivity contribution is 0.481. The molecule has 0 aromatic heterocycles. The molecule has 2 N–H and O–H groups in total. The zero-order chi connectivity index (χ0) is 24.3. The number of hydrogen-bond acceptors (Lipinski definition) is 8. The van der Waals surface area contributed by atoms with Crippen molar-refractivity contribution in [3.8, 4) is 0 Å². The second kappa shape index (κ2) is 9.19. The summed E-state index contributed by atoms with van der Waals surface area (Å²) < 4.78 is 63.9. The van der Waals surface area contributed by atoms with E-state index in [2.05, 4.69) is 20.5 Å². The largest absolute Gasteiger partial charge is 0.294 e. The van der Waals surface area contributed by atoms with Crippen molar-refractivity contribution in [2.45, 2.75) is 9.79 Å². The standard InChI is InChI=1S/C22H16N4O6S2/c27-33(28,29)18-9-7-17(8-10-18)24-26-22-20-12-11-19(34(30,31)32)14-15(20)6-13-21(22)25-23-16-4-2-1-3-5-16/h1-14H,(H,27,28,29)(H,30,31,32). The van der Waals surface area contributed by atoms with Gasteiger partial charge in [0.2, 0.25) is 0 Å². The Morgan fingerprint density at radius 2 is 1.15 bits per heavy atom. The lowest BCUT2D eigenvalue weighted by Gasteiger charge is -2.06. The molecular weight excluding hydrogens is 480 g/mol. The van der Waals surface area contributed by atoms with Crippen LogP contribution in [-0.2, 0) is 20.2 Å². The fraction of sp³-hybridized carbons (Fsp3) is 0. The maximum atomic E-state index is 11.5. The first-order valence-corrected chi connectivity index (χ1v) is 12.5. The highest BCUT2D eigenvalue weighted by molar-refractivity contribution is 7.86. The predicted molar refractivity (Wildman–Crippen MR) is 125 cm³/mol. The van der Waals surface area contributed by atoms with Crippen LogP contribution in [-0.4, -0.2) is 25.9 Å². The molecule has 4 aromatic rings. The minimum atomic E-state index is -4.40. The van der Waals surface area contributed by atoms with Crippen molar-refractivity contribution in [2.75, 3.05) is 0 Å². The van der Waals surface area contributed by atoms with E-state index in [1.807, 2.05) is 18.2 Å². The third-order valence-electron chi connectivity index (χ3n) is 4.67. The van der Waals surface area contributed by atoms with Gasteiger partial charge in [-0.05, 0) is 60.0 Å². The summed E-state index contributed by atoms with van der Waals surface area (Å²) in [5, 5.41) is 17.8. The minimum Gasteiger partial charge on any atom is -0.282 e. The molecule has 0 radical (unpaired) electrons. The molecule has 0 amide bonds. The fourth-order valence-electron chi connectivity index (χ4n) is 3.02. The molecule has 0 fully saturated rings. The maximum absolute atomic E-state index is 11.5. The SMILES string of the molecule is O=S(=O)(O)c1ccc(N=Nc2c(N=Nc3ccccc3)ccc3cc(S(=O)(=O)O)ccc23)cc1. The maximum Gasteiger partial charge on any atom is 0.294 e. The monoisotopic (exact) mass is 496 g/mol. The first-order chi connectivity index (χ1) is 16.1. The van der Waals surface area contributed by atoms with Crippen molar-refractivity contribution in [3.63, 3.8) is 0 Å². The summed E-state index contributed by atoms with van der Waals surface area (Å²) in [6, 6.07) is 21.3. The van der Waals surface area contributed by atoms with Crippen LogP contribution in [0.3, 0.4) is 0 Å². The van der Waals surface area contributed by atoms with Crippen LogP contribution in [0.1, 0.15) is 0 Å². The second-order valence-electron chi connectivity index (χ2n) is 7.00. The van der Waals surface area contributed by atoms with Gasteiger partial charge in [0.15, 0.2) is 0 Å². The van der Waals surface area contributed by atoms with Crippen LogP contribution >= 0.6 is 0 Å². The zero-order valence-corrected chi connectivity index (χ0v) is 18.8. The van der Waals surface area contributed by atoms with Crippen molar-refractivity contribution in [3.05, 3.63) is 84.9 Å². The molecule has 0 heterocycles. The summed E-state index contributed by atoms with van der Waals surface area (Å²) in [6.45, 7) is 0. The van der Waals surface area contributed by atoms with Crippen LogP contribution in [0.5, 0.6) is 0 Å². The first kappa shape index (κ1) is 23.3. The topological polar surface area (TPSA) is 158 Å². The Bertz CT molecular complexity index is 1630. The van der Waals surface area contributed by atoms with E-state index in [-0.39, 0.29) is 15.5 Å². The minimum absolute atomic E-state index is 0.276. The summed E-state index contributed by atoms with van der Waals surface area (Å²) >= 11 is 0. The van der Waals surface area contributed by atoms with E-state index >= 15 is 0 Å². The number of benzene rings is 4. The average Bonchev–Trinajstić information content (AvgIpc) is 2.81. The van der Waals surface area contributed by atoms with Gasteiger partial charge in [-0.3, -0.25) is 9.11 Å². The Morgan fingerprint density at radius 1 is 0.559 bits per heavy atom. The van der Waals surface area contributed by atoms with Gasteiger partial charge in [-0.15, -0.1) is 10.2 Å². The van der Waals surface area contributed by atoms with Crippen molar-refractivity contribution in [1.29, 1.82) is 0 Å². The van der Waals surface area contributed by atoms with Crippen LogP contribution in [0.25, 0.3) is 10.8 Å². The Labute approximate surface area is 194 Å². The molecule has 0 unspecified atom stereocenters. The lowest BCUT2D eigenvalue weighted by Crippen LogP contribution is -1.97. The smallest absolute Gasteiger partial charge is 0.282 e. The second-order valence-corrected chi connectivity index (χ2v) is 9.84. The molecule has 10 nitrogen and oxygen atoms in total. The van der Waals surface area contributed by atoms with E-state index in [1.54, 1.807) is 24.3 Å². The van der Waals surface area contributed by atoms with Gasteiger partial charge in [-0.2, -0.15) is 27.1 Å².